The van der Waals surface area contributed by atoms with E-state index in [2.05, 4.69) is 26.3 Å². The van der Waals surface area contributed by atoms with Crippen molar-refractivity contribution in [2.45, 2.75) is 38.4 Å². The maximum atomic E-state index is 5.43. The Hall–Kier alpha value is -0.910. The van der Waals surface area contributed by atoms with Crippen LogP contribution in [-0.2, 0) is 13.1 Å². The fourth-order valence-electron chi connectivity index (χ4n) is 3.34. The Balaban J connectivity index is 1.58. The second-order valence-corrected chi connectivity index (χ2v) is 5.74. The summed E-state index contributed by atoms with van der Waals surface area (Å²) in [6.07, 6.45) is 4.00. The first kappa shape index (κ1) is 13.1. The molecular weight excluding hydrogens is 240 g/mol. The Morgan fingerprint density at radius 2 is 2.26 bits per heavy atom. The van der Waals surface area contributed by atoms with Crippen LogP contribution >= 0.6 is 0 Å². The molecule has 1 atom stereocenters. The van der Waals surface area contributed by atoms with E-state index in [9.17, 15) is 0 Å². The van der Waals surface area contributed by atoms with Crippen molar-refractivity contribution in [3.8, 4) is 0 Å². The van der Waals surface area contributed by atoms with Gasteiger partial charge in [0.05, 0.1) is 12.2 Å². The summed E-state index contributed by atoms with van der Waals surface area (Å²) in [6, 6.07) is 2.84. The van der Waals surface area contributed by atoms with Gasteiger partial charge < -0.3 is 9.84 Å². The third-order valence-corrected chi connectivity index (χ3v) is 4.23. The number of aromatic nitrogens is 1. The molecule has 106 valence electrons. The third kappa shape index (κ3) is 3.16. The average molecular weight is 264 g/mol. The van der Waals surface area contributed by atoms with Crippen molar-refractivity contribution in [2.75, 3.05) is 33.2 Å². The zero-order valence-electron chi connectivity index (χ0n) is 11.8. The van der Waals surface area contributed by atoms with Crippen LogP contribution in [-0.4, -0.2) is 54.2 Å². The lowest BCUT2D eigenvalue weighted by atomic mass is 10.2. The number of hydrogen-bond acceptors (Lipinski definition) is 5. The number of nitrogens with one attached hydrogen (secondary N) is 1. The molecule has 5 nitrogen and oxygen atoms in total. The van der Waals surface area contributed by atoms with Gasteiger partial charge in [-0.15, -0.1) is 0 Å². The molecule has 0 amide bonds. The van der Waals surface area contributed by atoms with Crippen molar-refractivity contribution < 1.29 is 4.52 Å². The Morgan fingerprint density at radius 3 is 3.16 bits per heavy atom. The number of rotatable bonds is 4. The fourth-order valence-corrected chi connectivity index (χ4v) is 3.34. The van der Waals surface area contributed by atoms with Crippen molar-refractivity contribution in [3.63, 3.8) is 0 Å². The summed E-state index contributed by atoms with van der Waals surface area (Å²) >= 11 is 0. The Kier molecular flexibility index (Phi) is 4.15. The molecule has 2 fully saturated rings. The molecule has 1 unspecified atom stereocenters. The topological polar surface area (TPSA) is 44.5 Å². The van der Waals surface area contributed by atoms with Crippen molar-refractivity contribution >= 4 is 0 Å². The number of fused-ring (bicyclic) bond motifs is 1. The predicted molar refractivity (Wildman–Crippen MR) is 73.8 cm³/mol. The van der Waals surface area contributed by atoms with E-state index in [1.54, 1.807) is 0 Å². The quantitative estimate of drug-likeness (QED) is 0.881. The van der Waals surface area contributed by atoms with Crippen LogP contribution in [0.5, 0.6) is 0 Å². The molecule has 5 heteroatoms. The molecule has 2 aliphatic heterocycles. The van der Waals surface area contributed by atoms with Gasteiger partial charge in [0.25, 0.3) is 0 Å². The van der Waals surface area contributed by atoms with Gasteiger partial charge in [-0.2, -0.15) is 0 Å². The van der Waals surface area contributed by atoms with E-state index in [-0.39, 0.29) is 0 Å². The predicted octanol–water partition coefficient (Wildman–Crippen LogP) is 1.06. The molecule has 0 spiro atoms. The summed E-state index contributed by atoms with van der Waals surface area (Å²) in [5.74, 6) is 0.997. The second-order valence-electron chi connectivity index (χ2n) is 5.74. The first-order valence-electron chi connectivity index (χ1n) is 7.40. The zero-order chi connectivity index (χ0) is 13.1. The first-order valence-corrected chi connectivity index (χ1v) is 7.40. The molecule has 0 aromatic carbocycles. The molecule has 3 heterocycles. The Bertz CT molecular complexity index is 406. The normalized spacial score (nSPS) is 25.4. The van der Waals surface area contributed by atoms with Gasteiger partial charge in [0, 0.05) is 25.2 Å². The molecular formula is C14H24N4O. The van der Waals surface area contributed by atoms with E-state index < -0.39 is 0 Å². The van der Waals surface area contributed by atoms with Crippen LogP contribution in [0.3, 0.4) is 0 Å². The highest BCUT2D eigenvalue weighted by Gasteiger charge is 2.28. The lowest BCUT2D eigenvalue weighted by Crippen LogP contribution is -2.36. The van der Waals surface area contributed by atoms with Crippen LogP contribution < -0.4 is 5.32 Å². The second kappa shape index (κ2) is 6.03. The smallest absolute Gasteiger partial charge is 0.151 e. The highest BCUT2D eigenvalue weighted by Crippen LogP contribution is 2.22. The van der Waals surface area contributed by atoms with Gasteiger partial charge in [-0.3, -0.25) is 9.80 Å². The van der Waals surface area contributed by atoms with Gasteiger partial charge in [-0.1, -0.05) is 5.16 Å². The molecule has 0 aliphatic carbocycles. The van der Waals surface area contributed by atoms with E-state index in [0.717, 1.165) is 30.6 Å². The van der Waals surface area contributed by atoms with Gasteiger partial charge in [-0.25, -0.2) is 0 Å². The lowest BCUT2D eigenvalue weighted by Gasteiger charge is -2.24. The summed E-state index contributed by atoms with van der Waals surface area (Å²) in [6.45, 7) is 6.60. The van der Waals surface area contributed by atoms with Crippen molar-refractivity contribution in [1.82, 2.24) is 20.3 Å². The molecule has 3 rings (SSSR count). The first-order chi connectivity index (χ1) is 9.35. The number of hydrogen-bond donors (Lipinski definition) is 1. The Labute approximate surface area is 114 Å². The molecule has 1 aromatic rings. The molecule has 19 heavy (non-hydrogen) atoms. The van der Waals surface area contributed by atoms with Crippen LogP contribution in [0.15, 0.2) is 10.6 Å². The minimum atomic E-state index is 0.766. The van der Waals surface area contributed by atoms with Crippen molar-refractivity contribution in [1.29, 1.82) is 0 Å². The van der Waals surface area contributed by atoms with E-state index in [1.807, 2.05) is 7.05 Å². The lowest BCUT2D eigenvalue weighted by molar-refractivity contribution is 0.199. The monoisotopic (exact) mass is 264 g/mol. The maximum absolute atomic E-state index is 5.43. The molecule has 0 saturated carbocycles. The molecule has 0 bridgehead atoms. The summed E-state index contributed by atoms with van der Waals surface area (Å²) in [7, 11) is 1.93. The van der Waals surface area contributed by atoms with Crippen molar-refractivity contribution in [2.24, 2.45) is 0 Å². The SMILES string of the molecule is CNCc1cc(CN2CCCN3CCCC3C2)on1. The van der Waals surface area contributed by atoms with Crippen LogP contribution in [0, 0.1) is 0 Å². The van der Waals surface area contributed by atoms with Crippen molar-refractivity contribution in [3.05, 3.63) is 17.5 Å². The van der Waals surface area contributed by atoms with E-state index in [1.165, 1.54) is 45.4 Å². The van der Waals surface area contributed by atoms with Gasteiger partial charge >= 0.3 is 0 Å². The van der Waals surface area contributed by atoms with Crippen LogP contribution in [0.25, 0.3) is 0 Å². The maximum Gasteiger partial charge on any atom is 0.151 e. The van der Waals surface area contributed by atoms with Crippen LogP contribution in [0.4, 0.5) is 0 Å². The highest BCUT2D eigenvalue weighted by atomic mass is 16.5. The molecule has 2 aliphatic rings. The van der Waals surface area contributed by atoms with Crippen LogP contribution in [0.1, 0.15) is 30.7 Å². The highest BCUT2D eigenvalue weighted by molar-refractivity contribution is 5.05. The van der Waals surface area contributed by atoms with E-state index >= 15 is 0 Å². The summed E-state index contributed by atoms with van der Waals surface area (Å²) in [5.41, 5.74) is 0.995. The summed E-state index contributed by atoms with van der Waals surface area (Å²) in [4.78, 5) is 5.19. The largest absolute Gasteiger partial charge is 0.360 e. The Morgan fingerprint density at radius 1 is 1.37 bits per heavy atom. The summed E-state index contributed by atoms with van der Waals surface area (Å²) < 4.78 is 5.43. The molecule has 2 saturated heterocycles. The zero-order valence-corrected chi connectivity index (χ0v) is 11.8. The fraction of sp³-hybridized carbons (Fsp3) is 0.786. The van der Waals surface area contributed by atoms with Gasteiger partial charge in [0.15, 0.2) is 5.76 Å². The van der Waals surface area contributed by atoms with Gasteiger partial charge in [0.1, 0.15) is 0 Å². The average Bonchev–Trinajstić information content (AvgIpc) is 2.97. The molecule has 1 aromatic heterocycles. The van der Waals surface area contributed by atoms with Gasteiger partial charge in [-0.05, 0) is 45.9 Å². The standard InChI is InChI=1S/C14H24N4O/c1-15-9-12-8-14(19-16-12)11-17-5-3-7-18-6-2-4-13(18)10-17/h8,13,15H,2-7,9-11H2,1H3. The van der Waals surface area contributed by atoms with E-state index in [0.29, 0.717) is 0 Å². The number of nitrogens with zero attached hydrogens (tertiary/aromatic N) is 3. The molecule has 1 N–H and O–H groups in total. The molecule has 0 radical (unpaired) electrons. The minimum absolute atomic E-state index is 0.766. The van der Waals surface area contributed by atoms with Gasteiger partial charge in [0.2, 0.25) is 0 Å². The van der Waals surface area contributed by atoms with Crippen LogP contribution in [0.2, 0.25) is 0 Å². The summed E-state index contributed by atoms with van der Waals surface area (Å²) in [5, 5.41) is 7.19. The minimum Gasteiger partial charge on any atom is -0.360 e. The third-order valence-electron chi connectivity index (χ3n) is 4.23. The van der Waals surface area contributed by atoms with E-state index in [4.69, 9.17) is 4.52 Å².